The average molecular weight is 311 g/mol. The van der Waals surface area contributed by atoms with Gasteiger partial charge in [0.15, 0.2) is 0 Å². The Morgan fingerprint density at radius 1 is 1.43 bits per heavy atom. The summed E-state index contributed by atoms with van der Waals surface area (Å²) in [6.45, 7) is 6.60. The van der Waals surface area contributed by atoms with Gasteiger partial charge in [0.25, 0.3) is 0 Å². The number of anilines is 1. The molecule has 1 aliphatic heterocycles. The summed E-state index contributed by atoms with van der Waals surface area (Å²) in [6.07, 6.45) is 1.77. The minimum absolute atomic E-state index is 0.0726. The molecule has 0 saturated carbocycles. The van der Waals surface area contributed by atoms with Crippen molar-refractivity contribution in [1.29, 1.82) is 0 Å². The Hall–Kier alpha value is -1.26. The van der Waals surface area contributed by atoms with Gasteiger partial charge in [-0.05, 0) is 50.0 Å². The predicted octanol–water partition coefficient (Wildman–Crippen LogP) is 3.31. The van der Waals surface area contributed by atoms with Crippen molar-refractivity contribution in [3.8, 4) is 5.75 Å². The molecule has 0 spiro atoms. The zero-order valence-corrected chi connectivity index (χ0v) is 13.4. The van der Waals surface area contributed by atoms with Crippen LogP contribution in [0.3, 0.4) is 0 Å². The summed E-state index contributed by atoms with van der Waals surface area (Å²) in [4.78, 5) is 12.2. The number of hydrogen-bond acceptors (Lipinski definition) is 3. The third kappa shape index (κ3) is 4.90. The molecule has 1 aromatic rings. The van der Waals surface area contributed by atoms with E-state index in [-0.39, 0.29) is 11.8 Å². The van der Waals surface area contributed by atoms with Crippen LogP contribution in [0.4, 0.5) is 5.69 Å². The fourth-order valence-corrected chi connectivity index (χ4v) is 2.52. The third-order valence-electron chi connectivity index (χ3n) is 3.48. The molecule has 1 aliphatic rings. The summed E-state index contributed by atoms with van der Waals surface area (Å²) in [5, 5.41) is 6.72. The topological polar surface area (TPSA) is 50.4 Å². The van der Waals surface area contributed by atoms with Crippen molar-refractivity contribution in [2.75, 3.05) is 25.0 Å². The molecule has 0 radical (unpaired) electrons. The van der Waals surface area contributed by atoms with Crippen molar-refractivity contribution in [1.82, 2.24) is 5.32 Å². The largest absolute Gasteiger partial charge is 0.492 e. The third-order valence-corrected chi connectivity index (χ3v) is 3.78. The van der Waals surface area contributed by atoms with Crippen molar-refractivity contribution in [2.45, 2.75) is 26.7 Å². The predicted molar refractivity (Wildman–Crippen MR) is 86.0 cm³/mol. The number of carbonyl (C=O) groups excluding carboxylic acids is 1. The van der Waals surface area contributed by atoms with Crippen molar-refractivity contribution >= 4 is 23.2 Å². The highest BCUT2D eigenvalue weighted by atomic mass is 35.5. The van der Waals surface area contributed by atoms with Gasteiger partial charge in [-0.1, -0.05) is 25.4 Å². The van der Waals surface area contributed by atoms with Crippen LogP contribution < -0.4 is 15.4 Å². The molecule has 1 aromatic carbocycles. The molecule has 1 amide bonds. The molecule has 0 aliphatic carbocycles. The van der Waals surface area contributed by atoms with Crippen LogP contribution in [0, 0.1) is 11.8 Å². The molecular formula is C16H23ClN2O2. The van der Waals surface area contributed by atoms with E-state index in [1.54, 1.807) is 6.07 Å². The second-order valence-corrected chi connectivity index (χ2v) is 6.27. The van der Waals surface area contributed by atoms with Gasteiger partial charge in [0.2, 0.25) is 5.91 Å². The van der Waals surface area contributed by atoms with Gasteiger partial charge < -0.3 is 15.4 Å². The number of piperidine rings is 1. The summed E-state index contributed by atoms with van der Waals surface area (Å²) in [6, 6.07) is 5.39. The smallest absolute Gasteiger partial charge is 0.227 e. The van der Waals surface area contributed by atoms with Crippen LogP contribution in [-0.2, 0) is 4.79 Å². The van der Waals surface area contributed by atoms with Gasteiger partial charge in [-0.2, -0.15) is 0 Å². The van der Waals surface area contributed by atoms with Gasteiger partial charge in [0, 0.05) is 11.6 Å². The van der Waals surface area contributed by atoms with Gasteiger partial charge in [0.1, 0.15) is 5.75 Å². The molecule has 21 heavy (non-hydrogen) atoms. The fourth-order valence-electron chi connectivity index (χ4n) is 2.28. The Labute approximate surface area is 131 Å². The molecule has 4 nitrogen and oxygen atoms in total. The second-order valence-electron chi connectivity index (χ2n) is 5.86. The van der Waals surface area contributed by atoms with E-state index in [4.69, 9.17) is 16.3 Å². The molecule has 5 heteroatoms. The molecule has 2 rings (SSSR count). The second kappa shape index (κ2) is 7.66. The maximum atomic E-state index is 12.2. The molecular weight excluding hydrogens is 288 g/mol. The van der Waals surface area contributed by atoms with Crippen molar-refractivity contribution in [3.05, 3.63) is 23.2 Å². The molecule has 2 N–H and O–H groups in total. The number of ether oxygens (including phenoxy) is 1. The van der Waals surface area contributed by atoms with E-state index >= 15 is 0 Å². The monoisotopic (exact) mass is 310 g/mol. The van der Waals surface area contributed by atoms with Gasteiger partial charge >= 0.3 is 0 Å². The molecule has 0 unspecified atom stereocenters. The van der Waals surface area contributed by atoms with Gasteiger partial charge in [-0.3, -0.25) is 4.79 Å². The quantitative estimate of drug-likeness (QED) is 0.877. The molecule has 1 saturated heterocycles. The zero-order chi connectivity index (χ0) is 15.2. The highest BCUT2D eigenvalue weighted by molar-refractivity contribution is 6.32. The number of rotatable bonds is 5. The Bertz CT molecular complexity index is 485. The molecule has 1 heterocycles. The van der Waals surface area contributed by atoms with Crippen molar-refractivity contribution in [2.24, 2.45) is 11.8 Å². The molecule has 116 valence electrons. The first-order valence-electron chi connectivity index (χ1n) is 7.50. The van der Waals surface area contributed by atoms with Gasteiger partial charge in [0.05, 0.1) is 11.6 Å². The molecule has 0 bridgehead atoms. The molecule has 0 atom stereocenters. The number of halogens is 1. The standard InChI is InChI=1S/C16H23ClN2O2/c1-11(2)10-21-15-4-3-13(9-14(15)17)19-16(20)12-5-7-18-8-6-12/h3-4,9,11-12,18H,5-8,10H2,1-2H3,(H,19,20). The first-order valence-corrected chi connectivity index (χ1v) is 7.88. The van der Waals surface area contributed by atoms with Crippen LogP contribution in [0.25, 0.3) is 0 Å². The van der Waals surface area contributed by atoms with Crippen LogP contribution in [0.2, 0.25) is 5.02 Å². The van der Waals surface area contributed by atoms with Crippen LogP contribution in [0.15, 0.2) is 18.2 Å². The number of nitrogens with one attached hydrogen (secondary N) is 2. The summed E-state index contributed by atoms with van der Waals surface area (Å²) in [7, 11) is 0. The number of carbonyl (C=O) groups is 1. The Balaban J connectivity index is 1.94. The van der Waals surface area contributed by atoms with E-state index in [0.29, 0.717) is 23.3 Å². The lowest BCUT2D eigenvalue weighted by molar-refractivity contribution is -0.120. The number of benzene rings is 1. The SMILES string of the molecule is CC(C)COc1ccc(NC(=O)C2CCNCC2)cc1Cl. The van der Waals surface area contributed by atoms with E-state index in [1.807, 2.05) is 12.1 Å². The lowest BCUT2D eigenvalue weighted by Crippen LogP contribution is -2.34. The number of amides is 1. The van der Waals surface area contributed by atoms with Gasteiger partial charge in [-0.15, -0.1) is 0 Å². The first kappa shape index (κ1) is 16.1. The number of hydrogen-bond donors (Lipinski definition) is 2. The van der Waals surface area contributed by atoms with E-state index in [9.17, 15) is 4.79 Å². The van der Waals surface area contributed by atoms with E-state index in [2.05, 4.69) is 24.5 Å². The molecule has 0 aromatic heterocycles. The normalized spacial score (nSPS) is 16.0. The highest BCUT2D eigenvalue weighted by Gasteiger charge is 2.21. The Morgan fingerprint density at radius 2 is 2.14 bits per heavy atom. The van der Waals surface area contributed by atoms with E-state index in [0.717, 1.165) is 31.6 Å². The highest BCUT2D eigenvalue weighted by Crippen LogP contribution is 2.28. The van der Waals surface area contributed by atoms with E-state index in [1.165, 1.54) is 0 Å². The van der Waals surface area contributed by atoms with Crippen LogP contribution in [-0.4, -0.2) is 25.6 Å². The van der Waals surface area contributed by atoms with Crippen LogP contribution in [0.5, 0.6) is 5.75 Å². The van der Waals surface area contributed by atoms with Crippen molar-refractivity contribution in [3.63, 3.8) is 0 Å². The lowest BCUT2D eigenvalue weighted by Gasteiger charge is -2.22. The van der Waals surface area contributed by atoms with Crippen LogP contribution >= 0.6 is 11.6 Å². The minimum Gasteiger partial charge on any atom is -0.492 e. The summed E-state index contributed by atoms with van der Waals surface area (Å²) >= 11 is 6.20. The minimum atomic E-state index is 0.0726. The fraction of sp³-hybridized carbons (Fsp3) is 0.562. The Morgan fingerprint density at radius 3 is 2.76 bits per heavy atom. The first-order chi connectivity index (χ1) is 10.1. The van der Waals surface area contributed by atoms with Crippen LogP contribution in [0.1, 0.15) is 26.7 Å². The van der Waals surface area contributed by atoms with E-state index < -0.39 is 0 Å². The Kier molecular flexibility index (Phi) is 5.88. The summed E-state index contributed by atoms with van der Waals surface area (Å²) in [5.41, 5.74) is 0.723. The zero-order valence-electron chi connectivity index (χ0n) is 12.6. The summed E-state index contributed by atoms with van der Waals surface area (Å²) < 4.78 is 5.62. The maximum Gasteiger partial charge on any atom is 0.227 e. The molecule has 1 fully saturated rings. The maximum absolute atomic E-state index is 12.2. The lowest BCUT2D eigenvalue weighted by atomic mass is 9.97. The van der Waals surface area contributed by atoms with Crippen molar-refractivity contribution < 1.29 is 9.53 Å². The summed E-state index contributed by atoms with van der Waals surface area (Å²) in [5.74, 6) is 1.26. The average Bonchev–Trinajstić information content (AvgIpc) is 2.47. The van der Waals surface area contributed by atoms with Gasteiger partial charge in [-0.25, -0.2) is 0 Å².